The third-order valence-corrected chi connectivity index (χ3v) is 6.96. The lowest BCUT2D eigenvalue weighted by molar-refractivity contribution is 0.250. The molecule has 0 N–H and O–H groups in total. The maximum absolute atomic E-state index is 13.5. The average Bonchev–Trinajstić information content (AvgIpc) is 2.82. The number of benzene rings is 3. The van der Waals surface area contributed by atoms with Crippen LogP contribution in [0, 0.1) is 35.3 Å². The molecule has 0 unspecified atom stereocenters. The minimum absolute atomic E-state index is 0.658. The molecule has 1 fully saturated rings. The van der Waals surface area contributed by atoms with Gasteiger partial charge in [0.05, 0.1) is 0 Å². The Morgan fingerprint density at radius 1 is 0.719 bits per heavy atom. The van der Waals surface area contributed by atoms with Gasteiger partial charge in [-0.25, -0.2) is 8.78 Å². The van der Waals surface area contributed by atoms with Crippen LogP contribution in [0.1, 0.15) is 75.0 Å². The maximum Gasteiger partial charge on any atom is 0.159 e. The molecule has 0 radical (unpaired) electrons. The van der Waals surface area contributed by atoms with E-state index in [0.29, 0.717) is 10.8 Å². The van der Waals surface area contributed by atoms with Gasteiger partial charge in [-0.2, -0.15) is 0 Å². The van der Waals surface area contributed by atoms with E-state index in [9.17, 15) is 8.78 Å². The van der Waals surface area contributed by atoms with Crippen molar-refractivity contribution in [3.05, 3.63) is 82.9 Å². The van der Waals surface area contributed by atoms with Gasteiger partial charge in [0.25, 0.3) is 0 Å². The normalized spacial score (nSPS) is 18.3. The van der Waals surface area contributed by atoms with Crippen molar-refractivity contribution in [3.63, 3.8) is 0 Å². The Labute approximate surface area is 191 Å². The van der Waals surface area contributed by atoms with Crippen molar-refractivity contribution in [1.82, 2.24) is 0 Å². The van der Waals surface area contributed by atoms with Gasteiger partial charge in [0.1, 0.15) is 0 Å². The minimum Gasteiger partial charge on any atom is -0.204 e. The van der Waals surface area contributed by atoms with Crippen LogP contribution in [0.3, 0.4) is 0 Å². The van der Waals surface area contributed by atoms with Crippen molar-refractivity contribution in [1.29, 1.82) is 0 Å². The lowest BCUT2D eigenvalue weighted by Gasteiger charge is -2.28. The first kappa shape index (κ1) is 22.5. The molecule has 0 saturated heterocycles. The zero-order chi connectivity index (χ0) is 22.3. The summed E-state index contributed by atoms with van der Waals surface area (Å²) in [6.07, 6.45) is 12.2. The third-order valence-electron chi connectivity index (χ3n) is 6.96. The Kier molecular flexibility index (Phi) is 7.59. The zero-order valence-corrected chi connectivity index (χ0v) is 19.0. The van der Waals surface area contributed by atoms with Crippen molar-refractivity contribution in [3.8, 4) is 11.8 Å². The first-order valence-electron chi connectivity index (χ1n) is 12.1. The van der Waals surface area contributed by atoms with Crippen molar-refractivity contribution in [2.75, 3.05) is 0 Å². The SMILES string of the molecule is CCCCC1CCC(CCc2ccc(C#Cc3ccc4cc(F)c(F)cc4c3)cc2)CC1. The van der Waals surface area contributed by atoms with Crippen molar-refractivity contribution < 1.29 is 8.78 Å². The fourth-order valence-electron chi connectivity index (χ4n) is 4.89. The Bertz CT molecular complexity index is 1090. The van der Waals surface area contributed by atoms with E-state index in [-0.39, 0.29) is 0 Å². The summed E-state index contributed by atoms with van der Waals surface area (Å²) in [5, 5.41) is 1.33. The van der Waals surface area contributed by atoms with E-state index in [1.165, 1.54) is 69.1 Å². The fourth-order valence-corrected chi connectivity index (χ4v) is 4.89. The van der Waals surface area contributed by atoms with Gasteiger partial charge >= 0.3 is 0 Å². The van der Waals surface area contributed by atoms with Crippen LogP contribution in [-0.4, -0.2) is 0 Å². The van der Waals surface area contributed by atoms with Gasteiger partial charge in [-0.05, 0) is 77.4 Å². The van der Waals surface area contributed by atoms with Crippen molar-refractivity contribution in [2.45, 2.75) is 64.7 Å². The van der Waals surface area contributed by atoms with E-state index in [1.54, 1.807) is 12.1 Å². The van der Waals surface area contributed by atoms with E-state index in [2.05, 4.69) is 43.0 Å². The van der Waals surface area contributed by atoms with Gasteiger partial charge in [-0.15, -0.1) is 0 Å². The maximum atomic E-state index is 13.5. The Morgan fingerprint density at radius 2 is 1.31 bits per heavy atom. The van der Waals surface area contributed by atoms with Crippen LogP contribution in [0.15, 0.2) is 54.6 Å². The molecule has 3 aromatic carbocycles. The summed E-state index contributed by atoms with van der Waals surface area (Å²) >= 11 is 0. The smallest absolute Gasteiger partial charge is 0.159 e. The lowest BCUT2D eigenvalue weighted by atomic mass is 9.78. The van der Waals surface area contributed by atoms with Crippen LogP contribution >= 0.6 is 0 Å². The molecule has 32 heavy (non-hydrogen) atoms. The van der Waals surface area contributed by atoms with Crippen LogP contribution < -0.4 is 0 Å². The second-order valence-corrected chi connectivity index (χ2v) is 9.34. The number of rotatable bonds is 6. The standard InChI is InChI=1S/C30H32F2/c1-2-3-4-22-5-7-23(8-6-22)9-10-24-11-13-25(14-12-24)15-16-26-17-18-27-20-29(31)30(32)21-28(27)19-26/h11-14,17-23H,2-10H2,1H3. The first-order chi connectivity index (χ1) is 15.6. The number of unbranched alkanes of at least 4 members (excludes halogenated alkanes) is 1. The summed E-state index contributed by atoms with van der Waals surface area (Å²) in [5.74, 6) is 6.54. The monoisotopic (exact) mass is 430 g/mol. The summed E-state index contributed by atoms with van der Waals surface area (Å²) in [4.78, 5) is 0. The highest BCUT2D eigenvalue weighted by Crippen LogP contribution is 2.34. The fraction of sp³-hybridized carbons (Fsp3) is 0.400. The van der Waals surface area contributed by atoms with Crippen molar-refractivity contribution >= 4 is 10.8 Å². The minimum atomic E-state index is -0.831. The summed E-state index contributed by atoms with van der Waals surface area (Å²) < 4.78 is 26.9. The van der Waals surface area contributed by atoms with E-state index < -0.39 is 11.6 Å². The molecule has 1 aliphatic carbocycles. The lowest BCUT2D eigenvalue weighted by Crippen LogP contribution is -2.15. The Hall–Kier alpha value is -2.66. The molecule has 0 atom stereocenters. The van der Waals surface area contributed by atoms with Gasteiger partial charge in [0.2, 0.25) is 0 Å². The number of fused-ring (bicyclic) bond motifs is 1. The summed E-state index contributed by atoms with van der Waals surface area (Å²) in [6, 6.07) is 16.4. The average molecular weight is 431 g/mol. The van der Waals surface area contributed by atoms with E-state index in [4.69, 9.17) is 0 Å². The highest BCUT2D eigenvalue weighted by Gasteiger charge is 2.20. The molecule has 2 heteroatoms. The summed E-state index contributed by atoms with van der Waals surface area (Å²) in [5.41, 5.74) is 3.14. The van der Waals surface area contributed by atoms with E-state index in [1.807, 2.05) is 6.07 Å². The molecule has 4 rings (SSSR count). The largest absolute Gasteiger partial charge is 0.204 e. The summed E-state index contributed by atoms with van der Waals surface area (Å²) in [6.45, 7) is 2.29. The molecule has 3 aromatic rings. The quantitative estimate of drug-likeness (QED) is 0.344. The molecular weight excluding hydrogens is 398 g/mol. The number of halogens is 2. The van der Waals surface area contributed by atoms with Gasteiger partial charge < -0.3 is 0 Å². The zero-order valence-electron chi connectivity index (χ0n) is 19.0. The van der Waals surface area contributed by atoms with Gasteiger partial charge in [0, 0.05) is 11.1 Å². The molecule has 0 spiro atoms. The van der Waals surface area contributed by atoms with Crippen molar-refractivity contribution in [2.24, 2.45) is 11.8 Å². The first-order valence-corrected chi connectivity index (χ1v) is 12.1. The predicted octanol–water partition coefficient (Wildman–Crippen LogP) is 8.45. The van der Waals surface area contributed by atoms with Crippen LogP contribution in [0.2, 0.25) is 0 Å². The molecule has 1 saturated carbocycles. The number of hydrogen-bond donors (Lipinski definition) is 0. The second-order valence-electron chi connectivity index (χ2n) is 9.34. The predicted molar refractivity (Wildman–Crippen MR) is 130 cm³/mol. The molecule has 0 heterocycles. The topological polar surface area (TPSA) is 0 Å². The summed E-state index contributed by atoms with van der Waals surface area (Å²) in [7, 11) is 0. The molecule has 0 nitrogen and oxygen atoms in total. The second kappa shape index (κ2) is 10.8. The molecule has 0 aromatic heterocycles. The molecule has 0 bridgehead atoms. The molecule has 166 valence electrons. The molecule has 0 aliphatic heterocycles. The van der Waals surface area contributed by atoms with Gasteiger partial charge in [-0.1, -0.05) is 81.9 Å². The van der Waals surface area contributed by atoms with Gasteiger partial charge in [-0.3, -0.25) is 0 Å². The van der Waals surface area contributed by atoms with Crippen LogP contribution in [0.5, 0.6) is 0 Å². The van der Waals surface area contributed by atoms with Crippen LogP contribution in [-0.2, 0) is 6.42 Å². The van der Waals surface area contributed by atoms with E-state index >= 15 is 0 Å². The molecular formula is C30H32F2. The Morgan fingerprint density at radius 3 is 2.00 bits per heavy atom. The highest BCUT2D eigenvalue weighted by atomic mass is 19.2. The van der Waals surface area contributed by atoms with E-state index in [0.717, 1.165) is 29.4 Å². The molecule has 0 amide bonds. The van der Waals surface area contributed by atoms with Gasteiger partial charge in [0.15, 0.2) is 11.6 Å². The Balaban J connectivity index is 1.31. The number of aryl methyl sites for hydroxylation is 1. The number of hydrogen-bond acceptors (Lipinski definition) is 0. The highest BCUT2D eigenvalue weighted by molar-refractivity contribution is 5.84. The van der Waals surface area contributed by atoms with Crippen LogP contribution in [0.4, 0.5) is 8.78 Å². The third kappa shape index (κ3) is 5.98. The van der Waals surface area contributed by atoms with Crippen LogP contribution in [0.25, 0.3) is 10.8 Å². The molecule has 1 aliphatic rings.